The summed E-state index contributed by atoms with van der Waals surface area (Å²) in [5.41, 5.74) is 8.39. The van der Waals surface area contributed by atoms with Gasteiger partial charge < -0.3 is 5.73 Å². The molecule has 0 aromatic heterocycles. The Balaban J connectivity index is 2.28. The zero-order chi connectivity index (χ0) is 11.8. The molecule has 1 aliphatic carbocycles. The van der Waals surface area contributed by atoms with Gasteiger partial charge in [-0.15, -0.1) is 0 Å². The van der Waals surface area contributed by atoms with E-state index < -0.39 is 0 Å². The molecule has 0 saturated carbocycles. The number of hydrogen-bond donors (Lipinski definition) is 1. The molecule has 0 saturated heterocycles. The molecule has 1 atom stereocenters. The lowest BCUT2D eigenvalue weighted by molar-refractivity contribution is 0.392. The zero-order valence-corrected chi connectivity index (χ0v) is 10.1. The minimum Gasteiger partial charge on any atom is -0.326 e. The van der Waals surface area contributed by atoms with Gasteiger partial charge in [0.25, 0.3) is 0 Å². The van der Waals surface area contributed by atoms with Crippen LogP contribution >= 0.6 is 0 Å². The number of nitrogens with two attached hydrogens (primary N) is 1. The van der Waals surface area contributed by atoms with Crippen molar-refractivity contribution in [1.82, 2.24) is 0 Å². The molecule has 16 heavy (non-hydrogen) atoms. The maximum Gasteiger partial charge on any atom is 0.123 e. The Morgan fingerprint density at radius 2 is 2.19 bits per heavy atom. The minimum atomic E-state index is -0.175. The van der Waals surface area contributed by atoms with Gasteiger partial charge in [0.05, 0.1) is 0 Å². The van der Waals surface area contributed by atoms with E-state index in [0.717, 1.165) is 19.3 Å². The first-order valence-electron chi connectivity index (χ1n) is 6.03. The van der Waals surface area contributed by atoms with Gasteiger partial charge in [-0.2, -0.15) is 0 Å². The quantitative estimate of drug-likeness (QED) is 0.814. The lowest BCUT2D eigenvalue weighted by Crippen LogP contribution is -2.34. The Morgan fingerprint density at radius 3 is 2.88 bits per heavy atom. The summed E-state index contributed by atoms with van der Waals surface area (Å²) >= 11 is 0. The molecule has 88 valence electrons. The number of aryl methyl sites for hydroxylation is 1. The summed E-state index contributed by atoms with van der Waals surface area (Å²) in [7, 11) is 0. The van der Waals surface area contributed by atoms with Crippen LogP contribution in [0.4, 0.5) is 4.39 Å². The number of benzene rings is 1. The highest BCUT2D eigenvalue weighted by atomic mass is 19.1. The van der Waals surface area contributed by atoms with Gasteiger partial charge in [0.1, 0.15) is 5.82 Å². The summed E-state index contributed by atoms with van der Waals surface area (Å²) in [4.78, 5) is 0. The van der Waals surface area contributed by atoms with E-state index >= 15 is 0 Å². The van der Waals surface area contributed by atoms with Crippen molar-refractivity contribution in [3.63, 3.8) is 0 Å². The Labute approximate surface area is 96.9 Å². The highest BCUT2D eigenvalue weighted by molar-refractivity contribution is 5.33. The maximum absolute atomic E-state index is 13.3. The first kappa shape index (κ1) is 11.6. The van der Waals surface area contributed by atoms with Gasteiger partial charge in [-0.3, -0.25) is 0 Å². The molecule has 1 aliphatic rings. The van der Waals surface area contributed by atoms with Gasteiger partial charge in [0.15, 0.2) is 0 Å². The lowest BCUT2D eigenvalue weighted by atomic mass is 9.77. The third-order valence-corrected chi connectivity index (χ3v) is 3.32. The van der Waals surface area contributed by atoms with E-state index in [2.05, 4.69) is 0 Å². The average Bonchev–Trinajstić information content (AvgIpc) is 2.17. The molecular formula is C14H20FN. The summed E-state index contributed by atoms with van der Waals surface area (Å²) in [6, 6.07) is 5.19. The standard InChI is InChI=1S/C14H20FN/c1-14(2,16)9-11-5-3-4-10-6-7-12(15)8-13(10)11/h6-8,11H,3-5,9,16H2,1-2H3. The monoisotopic (exact) mass is 221 g/mol. The van der Waals surface area contributed by atoms with Crippen molar-refractivity contribution in [1.29, 1.82) is 0 Å². The third kappa shape index (κ3) is 2.62. The minimum absolute atomic E-state index is 0.125. The predicted octanol–water partition coefficient (Wildman–Crippen LogP) is 3.37. The normalized spacial score (nSPS) is 20.6. The molecule has 0 fully saturated rings. The molecule has 0 amide bonds. The molecule has 2 rings (SSSR count). The first-order valence-corrected chi connectivity index (χ1v) is 6.03. The van der Waals surface area contributed by atoms with Gasteiger partial charge in [-0.05, 0) is 68.7 Å². The van der Waals surface area contributed by atoms with Gasteiger partial charge in [-0.25, -0.2) is 4.39 Å². The van der Waals surface area contributed by atoms with Crippen LogP contribution in [0.1, 0.15) is 50.2 Å². The van der Waals surface area contributed by atoms with Crippen molar-refractivity contribution in [2.45, 2.75) is 51.0 Å². The van der Waals surface area contributed by atoms with E-state index in [4.69, 9.17) is 5.73 Å². The Morgan fingerprint density at radius 1 is 1.44 bits per heavy atom. The topological polar surface area (TPSA) is 26.0 Å². The van der Waals surface area contributed by atoms with Crippen LogP contribution < -0.4 is 5.73 Å². The Bertz CT molecular complexity index is 379. The maximum atomic E-state index is 13.3. The number of fused-ring (bicyclic) bond motifs is 1. The van der Waals surface area contributed by atoms with Crippen LogP contribution in [0.25, 0.3) is 0 Å². The molecule has 0 aliphatic heterocycles. The van der Waals surface area contributed by atoms with E-state index in [1.54, 1.807) is 12.1 Å². The fourth-order valence-corrected chi connectivity index (χ4v) is 2.71. The van der Waals surface area contributed by atoms with Gasteiger partial charge >= 0.3 is 0 Å². The van der Waals surface area contributed by atoms with Crippen molar-refractivity contribution >= 4 is 0 Å². The molecule has 0 spiro atoms. The van der Waals surface area contributed by atoms with Crippen LogP contribution in [0.3, 0.4) is 0 Å². The number of hydrogen-bond acceptors (Lipinski definition) is 1. The van der Waals surface area contributed by atoms with Gasteiger partial charge in [0.2, 0.25) is 0 Å². The molecule has 2 N–H and O–H groups in total. The van der Waals surface area contributed by atoms with E-state index in [-0.39, 0.29) is 11.4 Å². The van der Waals surface area contributed by atoms with Crippen molar-refractivity contribution < 1.29 is 4.39 Å². The van der Waals surface area contributed by atoms with E-state index in [9.17, 15) is 4.39 Å². The van der Waals surface area contributed by atoms with Crippen LogP contribution in [0.5, 0.6) is 0 Å². The molecule has 1 unspecified atom stereocenters. The van der Waals surface area contributed by atoms with E-state index in [0.29, 0.717) is 5.92 Å². The SMILES string of the molecule is CC(C)(N)CC1CCCc2ccc(F)cc21. The Kier molecular flexibility index (Phi) is 3.02. The highest BCUT2D eigenvalue weighted by Gasteiger charge is 2.25. The van der Waals surface area contributed by atoms with E-state index in [1.807, 2.05) is 19.9 Å². The second-order valence-corrected chi connectivity index (χ2v) is 5.62. The molecule has 0 radical (unpaired) electrons. The molecule has 0 bridgehead atoms. The fraction of sp³-hybridized carbons (Fsp3) is 0.571. The fourth-order valence-electron chi connectivity index (χ4n) is 2.71. The number of halogens is 1. The van der Waals surface area contributed by atoms with Gasteiger partial charge in [-0.1, -0.05) is 6.07 Å². The van der Waals surface area contributed by atoms with Gasteiger partial charge in [0, 0.05) is 5.54 Å². The van der Waals surface area contributed by atoms with Crippen molar-refractivity contribution in [3.8, 4) is 0 Å². The molecule has 1 aromatic carbocycles. The van der Waals surface area contributed by atoms with Crippen molar-refractivity contribution in [2.24, 2.45) is 5.73 Å². The van der Waals surface area contributed by atoms with Crippen LogP contribution in [-0.4, -0.2) is 5.54 Å². The summed E-state index contributed by atoms with van der Waals surface area (Å²) in [5, 5.41) is 0. The van der Waals surface area contributed by atoms with Crippen LogP contribution in [0, 0.1) is 5.82 Å². The van der Waals surface area contributed by atoms with Crippen molar-refractivity contribution in [2.75, 3.05) is 0 Å². The van der Waals surface area contributed by atoms with E-state index in [1.165, 1.54) is 17.5 Å². The molecule has 0 heterocycles. The summed E-state index contributed by atoms with van der Waals surface area (Å²) < 4.78 is 13.3. The highest BCUT2D eigenvalue weighted by Crippen LogP contribution is 2.36. The molecule has 1 nitrogen and oxygen atoms in total. The van der Waals surface area contributed by atoms with Crippen LogP contribution in [-0.2, 0) is 6.42 Å². The second kappa shape index (κ2) is 4.17. The molecular weight excluding hydrogens is 201 g/mol. The second-order valence-electron chi connectivity index (χ2n) is 5.62. The Hall–Kier alpha value is -0.890. The van der Waals surface area contributed by atoms with Crippen LogP contribution in [0.2, 0.25) is 0 Å². The summed E-state index contributed by atoms with van der Waals surface area (Å²) in [6.07, 6.45) is 4.34. The predicted molar refractivity (Wildman–Crippen MR) is 65.0 cm³/mol. The summed E-state index contributed by atoms with van der Waals surface area (Å²) in [6.45, 7) is 4.08. The zero-order valence-electron chi connectivity index (χ0n) is 10.1. The average molecular weight is 221 g/mol. The third-order valence-electron chi connectivity index (χ3n) is 3.32. The first-order chi connectivity index (χ1) is 7.46. The van der Waals surface area contributed by atoms with Crippen LogP contribution in [0.15, 0.2) is 18.2 Å². The molecule has 2 heteroatoms. The van der Waals surface area contributed by atoms with Crippen molar-refractivity contribution in [3.05, 3.63) is 35.1 Å². The largest absolute Gasteiger partial charge is 0.326 e. The smallest absolute Gasteiger partial charge is 0.123 e. The lowest BCUT2D eigenvalue weighted by Gasteiger charge is -2.31. The summed E-state index contributed by atoms with van der Waals surface area (Å²) in [5.74, 6) is 0.305. The number of rotatable bonds is 2. The molecule has 1 aromatic rings.